The van der Waals surface area contributed by atoms with Crippen LogP contribution in [0.5, 0.6) is 0 Å². The molecule has 42 heavy (non-hydrogen) atoms. The van der Waals surface area contributed by atoms with Crippen LogP contribution in [0.3, 0.4) is 0 Å². The Morgan fingerprint density at radius 2 is 1.26 bits per heavy atom. The summed E-state index contributed by atoms with van der Waals surface area (Å²) in [7, 11) is 0. The lowest BCUT2D eigenvalue weighted by Crippen LogP contribution is -2.52. The van der Waals surface area contributed by atoms with Gasteiger partial charge in [0.2, 0.25) is 11.8 Å². The van der Waals surface area contributed by atoms with Gasteiger partial charge in [-0.25, -0.2) is 0 Å². The highest BCUT2D eigenvalue weighted by Crippen LogP contribution is 2.32. The van der Waals surface area contributed by atoms with E-state index >= 15 is 0 Å². The van der Waals surface area contributed by atoms with Gasteiger partial charge in [-0.2, -0.15) is 0 Å². The Morgan fingerprint density at radius 1 is 0.738 bits per heavy atom. The second kappa shape index (κ2) is 14.5. The maximum absolute atomic E-state index is 14.6. The number of carbonyl (C=O) groups is 2. The van der Waals surface area contributed by atoms with Gasteiger partial charge in [-0.3, -0.25) is 9.59 Å². The minimum atomic E-state index is -0.736. The van der Waals surface area contributed by atoms with Gasteiger partial charge in [0.25, 0.3) is 0 Å². The van der Waals surface area contributed by atoms with E-state index in [4.69, 9.17) is 23.2 Å². The molecule has 0 spiro atoms. The van der Waals surface area contributed by atoms with E-state index in [1.54, 1.807) is 23.1 Å². The van der Waals surface area contributed by atoms with E-state index in [-0.39, 0.29) is 36.7 Å². The monoisotopic (exact) mass is 598 g/mol. The fourth-order valence-corrected chi connectivity index (χ4v) is 6.38. The molecule has 1 aliphatic carbocycles. The van der Waals surface area contributed by atoms with Crippen LogP contribution in [0.15, 0.2) is 109 Å². The number of halogens is 2. The van der Waals surface area contributed by atoms with Crippen molar-refractivity contribution in [2.24, 2.45) is 0 Å². The van der Waals surface area contributed by atoms with E-state index in [9.17, 15) is 9.59 Å². The Bertz CT molecular complexity index is 1400. The Hall–Kier alpha value is -3.60. The zero-order chi connectivity index (χ0) is 29.3. The third kappa shape index (κ3) is 7.61. The van der Waals surface area contributed by atoms with Crippen molar-refractivity contribution in [3.63, 3.8) is 0 Å². The minimum absolute atomic E-state index is 0.123. The van der Waals surface area contributed by atoms with Crippen molar-refractivity contribution >= 4 is 35.0 Å². The molecule has 1 N–H and O–H groups in total. The highest BCUT2D eigenvalue weighted by atomic mass is 35.5. The summed E-state index contributed by atoms with van der Waals surface area (Å²) >= 11 is 13.3. The SMILES string of the molecule is O=C(NC1CCCC1)[C@H](Cc1ccccc1)N(Cc1c(Cl)cccc1Cl)C(=O)CC(c1ccccc1)c1ccccc1. The van der Waals surface area contributed by atoms with E-state index in [0.717, 1.165) is 42.4 Å². The van der Waals surface area contributed by atoms with Crippen molar-refractivity contribution in [1.82, 2.24) is 10.2 Å². The first kappa shape index (κ1) is 29.9. The highest BCUT2D eigenvalue weighted by molar-refractivity contribution is 6.36. The lowest BCUT2D eigenvalue weighted by Gasteiger charge is -2.34. The lowest BCUT2D eigenvalue weighted by molar-refractivity contribution is -0.141. The first-order valence-corrected chi connectivity index (χ1v) is 15.4. The van der Waals surface area contributed by atoms with Crippen molar-refractivity contribution in [2.45, 2.75) is 63.1 Å². The Balaban J connectivity index is 1.54. The Morgan fingerprint density at radius 3 is 1.81 bits per heavy atom. The molecule has 4 nitrogen and oxygen atoms in total. The van der Waals surface area contributed by atoms with E-state index < -0.39 is 6.04 Å². The largest absolute Gasteiger partial charge is 0.352 e. The van der Waals surface area contributed by atoms with Crippen LogP contribution in [0.1, 0.15) is 60.3 Å². The summed E-state index contributed by atoms with van der Waals surface area (Å²) in [5.41, 5.74) is 3.71. The predicted octanol–water partition coefficient (Wildman–Crippen LogP) is 8.21. The van der Waals surface area contributed by atoms with Crippen molar-refractivity contribution in [3.8, 4) is 0 Å². The first-order chi connectivity index (χ1) is 20.5. The third-order valence-electron chi connectivity index (χ3n) is 8.15. The molecular formula is C36H36Cl2N2O2. The van der Waals surface area contributed by atoms with Gasteiger partial charge in [-0.1, -0.05) is 133 Å². The summed E-state index contributed by atoms with van der Waals surface area (Å²) in [6.07, 6.45) is 4.69. The molecule has 0 heterocycles. The van der Waals surface area contributed by atoms with Crippen LogP contribution in [0.2, 0.25) is 10.0 Å². The van der Waals surface area contributed by atoms with E-state index in [1.807, 2.05) is 66.7 Å². The number of hydrogen-bond donors (Lipinski definition) is 1. The van der Waals surface area contributed by atoms with Crippen molar-refractivity contribution in [2.75, 3.05) is 0 Å². The average Bonchev–Trinajstić information content (AvgIpc) is 3.53. The van der Waals surface area contributed by atoms with Gasteiger partial charge in [-0.05, 0) is 41.7 Å². The normalized spacial score (nSPS) is 14.1. The molecule has 0 aromatic heterocycles. The van der Waals surface area contributed by atoms with Crippen LogP contribution in [-0.4, -0.2) is 28.8 Å². The van der Waals surface area contributed by atoms with Crippen molar-refractivity contribution in [1.29, 1.82) is 0 Å². The minimum Gasteiger partial charge on any atom is -0.352 e. The quantitative estimate of drug-likeness (QED) is 0.189. The molecule has 0 aliphatic heterocycles. The summed E-state index contributed by atoms with van der Waals surface area (Å²) < 4.78 is 0. The molecule has 216 valence electrons. The first-order valence-electron chi connectivity index (χ1n) is 14.7. The van der Waals surface area contributed by atoms with Gasteiger partial charge in [0.1, 0.15) is 6.04 Å². The van der Waals surface area contributed by atoms with Crippen molar-refractivity contribution in [3.05, 3.63) is 141 Å². The highest BCUT2D eigenvalue weighted by Gasteiger charge is 2.34. The van der Waals surface area contributed by atoms with Gasteiger partial charge in [0.05, 0.1) is 0 Å². The molecule has 0 radical (unpaired) electrons. The molecule has 1 aliphatic rings. The standard InChI is InChI=1S/C36H36Cl2N2O2/c37-32-21-12-22-33(38)31(32)25-40(34(23-26-13-4-1-5-14-26)36(42)39-29-19-10-11-20-29)35(41)24-30(27-15-6-2-7-16-27)28-17-8-3-9-18-28/h1-9,12-18,21-22,29-30,34H,10-11,19-20,23-25H2,(H,39,42)/t34-/m0/s1. The number of nitrogens with zero attached hydrogens (tertiary/aromatic N) is 1. The van der Waals surface area contributed by atoms with Crippen LogP contribution in [0.25, 0.3) is 0 Å². The van der Waals surface area contributed by atoms with E-state index in [1.165, 1.54) is 0 Å². The van der Waals surface area contributed by atoms with E-state index in [0.29, 0.717) is 22.0 Å². The van der Waals surface area contributed by atoms with Gasteiger partial charge in [0, 0.05) is 47.0 Å². The Kier molecular flexibility index (Phi) is 10.3. The second-order valence-corrected chi connectivity index (χ2v) is 11.8. The molecule has 2 amide bonds. The topological polar surface area (TPSA) is 49.4 Å². The fourth-order valence-electron chi connectivity index (χ4n) is 5.87. The zero-order valence-electron chi connectivity index (χ0n) is 23.6. The van der Waals surface area contributed by atoms with Crippen molar-refractivity contribution < 1.29 is 9.59 Å². The summed E-state index contributed by atoms with van der Waals surface area (Å²) in [6, 6.07) is 34.7. The van der Waals surface area contributed by atoms with Gasteiger partial charge in [0.15, 0.2) is 0 Å². The number of carbonyl (C=O) groups excluding carboxylic acids is 2. The number of hydrogen-bond acceptors (Lipinski definition) is 2. The van der Waals surface area contributed by atoms with Crippen LogP contribution in [0.4, 0.5) is 0 Å². The summed E-state index contributed by atoms with van der Waals surface area (Å²) in [5, 5.41) is 4.21. The molecular weight excluding hydrogens is 563 g/mol. The number of rotatable bonds is 11. The molecule has 1 atom stereocenters. The van der Waals surface area contributed by atoms with Gasteiger partial charge in [-0.15, -0.1) is 0 Å². The number of amides is 2. The summed E-state index contributed by atoms with van der Waals surface area (Å²) in [6.45, 7) is 0.128. The van der Waals surface area contributed by atoms with Crippen LogP contribution >= 0.6 is 23.2 Å². The summed E-state index contributed by atoms with van der Waals surface area (Å²) in [4.78, 5) is 30.3. The molecule has 5 rings (SSSR count). The molecule has 4 aromatic rings. The lowest BCUT2D eigenvalue weighted by atomic mass is 9.87. The van der Waals surface area contributed by atoms with Crippen LogP contribution in [0, 0.1) is 0 Å². The smallest absolute Gasteiger partial charge is 0.243 e. The number of nitrogens with one attached hydrogen (secondary N) is 1. The summed E-state index contributed by atoms with van der Waals surface area (Å²) in [5.74, 6) is -0.455. The van der Waals surface area contributed by atoms with Crippen LogP contribution in [-0.2, 0) is 22.6 Å². The number of benzene rings is 4. The zero-order valence-corrected chi connectivity index (χ0v) is 25.1. The third-order valence-corrected chi connectivity index (χ3v) is 8.85. The Labute approximate surface area is 258 Å². The maximum atomic E-state index is 14.6. The molecule has 6 heteroatoms. The fraction of sp³-hybridized carbons (Fsp3) is 0.278. The maximum Gasteiger partial charge on any atom is 0.243 e. The molecule has 0 unspecified atom stereocenters. The van der Waals surface area contributed by atoms with Gasteiger partial charge >= 0.3 is 0 Å². The second-order valence-electron chi connectivity index (χ2n) is 11.0. The molecule has 0 saturated heterocycles. The molecule has 0 bridgehead atoms. The van der Waals surface area contributed by atoms with Gasteiger partial charge < -0.3 is 10.2 Å². The van der Waals surface area contributed by atoms with Crippen LogP contribution < -0.4 is 5.32 Å². The molecule has 4 aromatic carbocycles. The molecule has 1 saturated carbocycles. The molecule has 1 fully saturated rings. The van der Waals surface area contributed by atoms with E-state index in [2.05, 4.69) is 29.6 Å². The predicted molar refractivity (Wildman–Crippen MR) is 171 cm³/mol. The average molecular weight is 600 g/mol.